The van der Waals surface area contributed by atoms with Crippen LogP contribution < -0.4 is 35.3 Å². The average Bonchev–Trinajstić information content (AvgIpc) is 2.13. The Morgan fingerprint density at radius 3 is 1.39 bits per heavy atom. The number of benzene rings is 1. The number of carbonyl (C=O) groups is 2. The number of rotatable bonds is 2. The van der Waals surface area contributed by atoms with Gasteiger partial charge in [0.2, 0.25) is 0 Å². The van der Waals surface area contributed by atoms with Gasteiger partial charge in [-0.1, -0.05) is 0 Å². The number of nitrogens with two attached hydrogens (primary N) is 1. The molecule has 0 saturated carbocycles. The summed E-state index contributed by atoms with van der Waals surface area (Å²) >= 11 is 5.32. The van der Waals surface area contributed by atoms with Crippen molar-refractivity contribution in [1.29, 1.82) is 0 Å². The largest absolute Gasteiger partial charge is 1.00 e. The van der Waals surface area contributed by atoms with Crippen LogP contribution in [0.25, 0.3) is 0 Å². The van der Waals surface area contributed by atoms with Crippen molar-refractivity contribution in [3.8, 4) is 0 Å². The number of carboxylic acids is 2. The molecule has 0 aliphatic carbocycles. The predicted molar refractivity (Wildman–Crippen MR) is 84.9 cm³/mol. The molecule has 1 aromatic carbocycles. The van der Waals surface area contributed by atoms with E-state index < -0.39 is 11.9 Å². The summed E-state index contributed by atoms with van der Waals surface area (Å²) in [6, 6.07) is 0. The number of aromatic carboxylic acids is 2. The molecular formula is C8H5I3NNaO5. The number of carboxylic acid groups (broad SMARTS) is 2. The van der Waals surface area contributed by atoms with E-state index in [1.165, 1.54) is 0 Å². The first-order valence-corrected chi connectivity index (χ1v) is 6.95. The summed E-state index contributed by atoms with van der Waals surface area (Å²) in [4.78, 5) is 22.0. The number of anilines is 1. The Labute approximate surface area is 165 Å². The fraction of sp³-hybridized carbons (Fsp3) is 0. The van der Waals surface area contributed by atoms with E-state index in [-0.39, 0.29) is 55.4 Å². The molecule has 0 atom stereocenters. The molecule has 0 aromatic heterocycles. The first kappa shape index (κ1) is 21.4. The maximum Gasteiger partial charge on any atom is 1.00 e. The predicted octanol–water partition coefficient (Wildman–Crippen LogP) is -0.694. The molecule has 1 rings (SSSR count). The van der Waals surface area contributed by atoms with E-state index in [1.54, 1.807) is 67.8 Å². The zero-order valence-electron chi connectivity index (χ0n) is 8.87. The van der Waals surface area contributed by atoms with E-state index in [2.05, 4.69) is 0 Å². The maximum absolute atomic E-state index is 11.0. The Bertz CT molecular complexity index is 467. The maximum atomic E-state index is 11.0. The summed E-state index contributed by atoms with van der Waals surface area (Å²) in [6.45, 7) is 0. The van der Waals surface area contributed by atoms with Crippen molar-refractivity contribution in [2.24, 2.45) is 0 Å². The van der Waals surface area contributed by atoms with Gasteiger partial charge in [0, 0.05) is 3.57 Å². The first-order valence-electron chi connectivity index (χ1n) is 3.71. The quantitative estimate of drug-likeness (QED) is 0.235. The summed E-state index contributed by atoms with van der Waals surface area (Å²) in [7, 11) is 0. The number of nitrogen functional groups attached to an aromatic ring is 1. The van der Waals surface area contributed by atoms with Crippen LogP contribution in [0.5, 0.6) is 0 Å². The minimum Gasteiger partial charge on any atom is -0.870 e. The second-order valence-electron chi connectivity index (χ2n) is 2.72. The molecule has 6 nitrogen and oxygen atoms in total. The van der Waals surface area contributed by atoms with E-state index in [4.69, 9.17) is 15.9 Å². The van der Waals surface area contributed by atoms with Crippen molar-refractivity contribution in [3.05, 3.63) is 21.8 Å². The number of hydrogen-bond acceptors (Lipinski definition) is 4. The third kappa shape index (κ3) is 4.05. The first-order chi connectivity index (χ1) is 7.29. The Balaban J connectivity index is 0. The van der Waals surface area contributed by atoms with Gasteiger partial charge in [-0.25, -0.2) is 9.59 Å². The number of halogens is 3. The van der Waals surface area contributed by atoms with Crippen LogP contribution >= 0.6 is 67.8 Å². The SMILES string of the molecule is Nc1c(I)c(C(=O)O)c(I)c(C(=O)O)c1I.[Na+].[OH-]. The molecule has 18 heavy (non-hydrogen) atoms. The van der Waals surface area contributed by atoms with Crippen molar-refractivity contribution < 1.29 is 54.8 Å². The molecule has 10 heteroatoms. The summed E-state index contributed by atoms with van der Waals surface area (Å²) in [6.07, 6.45) is 0. The molecule has 0 heterocycles. The summed E-state index contributed by atoms with van der Waals surface area (Å²) in [5, 5.41) is 18.0. The molecule has 0 amide bonds. The van der Waals surface area contributed by atoms with Crippen LogP contribution in [0.3, 0.4) is 0 Å². The fourth-order valence-corrected chi connectivity index (χ4v) is 5.15. The molecule has 0 spiro atoms. The summed E-state index contributed by atoms with van der Waals surface area (Å²) in [5.74, 6) is -2.36. The van der Waals surface area contributed by atoms with Gasteiger partial charge in [-0.3, -0.25) is 0 Å². The normalized spacial score (nSPS) is 9.06. The molecule has 0 aliphatic rings. The van der Waals surface area contributed by atoms with Gasteiger partial charge in [-0.2, -0.15) is 0 Å². The minimum absolute atomic E-state index is 0. The van der Waals surface area contributed by atoms with Crippen molar-refractivity contribution in [3.63, 3.8) is 0 Å². The third-order valence-electron chi connectivity index (χ3n) is 1.78. The van der Waals surface area contributed by atoms with Crippen LogP contribution in [0.15, 0.2) is 0 Å². The second-order valence-corrected chi connectivity index (χ2v) is 5.95. The minimum atomic E-state index is -1.18. The molecule has 1 aromatic rings. The van der Waals surface area contributed by atoms with Crippen LogP contribution in [0.1, 0.15) is 20.7 Å². The molecule has 5 N–H and O–H groups in total. The molecule has 0 fully saturated rings. The van der Waals surface area contributed by atoms with Crippen molar-refractivity contribution in [2.45, 2.75) is 0 Å². The van der Waals surface area contributed by atoms with Crippen LogP contribution in [-0.2, 0) is 0 Å². The zero-order valence-corrected chi connectivity index (χ0v) is 17.3. The molecule has 0 aliphatic heterocycles. The standard InChI is InChI=1S/C8H4I3NO4.Na.H2O/c9-3-1(7(13)14)4(10)6(12)5(11)2(3)8(15)16;;/h12H2,(H,13,14)(H,15,16);;1H2/q;+1;/p-1. The van der Waals surface area contributed by atoms with Gasteiger partial charge < -0.3 is 21.4 Å². The van der Waals surface area contributed by atoms with E-state index in [9.17, 15) is 9.59 Å². The van der Waals surface area contributed by atoms with Crippen LogP contribution in [0.2, 0.25) is 0 Å². The topological polar surface area (TPSA) is 131 Å². The summed E-state index contributed by atoms with van der Waals surface area (Å²) < 4.78 is 0.924. The molecule has 0 unspecified atom stereocenters. The van der Waals surface area contributed by atoms with Gasteiger partial charge in [-0.15, -0.1) is 0 Å². The smallest absolute Gasteiger partial charge is 0.870 e. The van der Waals surface area contributed by atoms with Crippen molar-refractivity contribution in [1.82, 2.24) is 0 Å². The van der Waals surface area contributed by atoms with E-state index in [0.717, 1.165) is 0 Å². The van der Waals surface area contributed by atoms with E-state index >= 15 is 0 Å². The summed E-state index contributed by atoms with van der Waals surface area (Å²) in [5.41, 5.74) is 5.76. The van der Waals surface area contributed by atoms with Gasteiger partial charge in [0.25, 0.3) is 0 Å². The van der Waals surface area contributed by atoms with Gasteiger partial charge in [-0.05, 0) is 67.8 Å². The third-order valence-corrected chi connectivity index (χ3v) is 5.10. The molecule has 0 radical (unpaired) electrons. The van der Waals surface area contributed by atoms with Crippen LogP contribution in [-0.4, -0.2) is 27.6 Å². The monoisotopic (exact) mass is 599 g/mol. The fourth-order valence-electron chi connectivity index (χ4n) is 1.06. The van der Waals surface area contributed by atoms with E-state index in [0.29, 0.717) is 7.14 Å². The van der Waals surface area contributed by atoms with Gasteiger partial charge >= 0.3 is 41.5 Å². The molecule has 94 valence electrons. The Morgan fingerprint density at radius 1 is 0.889 bits per heavy atom. The zero-order chi connectivity index (χ0) is 12.6. The van der Waals surface area contributed by atoms with Crippen molar-refractivity contribution in [2.75, 3.05) is 5.73 Å². The van der Waals surface area contributed by atoms with Crippen LogP contribution in [0.4, 0.5) is 5.69 Å². The Morgan fingerprint density at radius 2 is 1.17 bits per heavy atom. The second kappa shape index (κ2) is 8.41. The molecule has 0 saturated heterocycles. The van der Waals surface area contributed by atoms with Gasteiger partial charge in [0.1, 0.15) is 0 Å². The average molecular weight is 599 g/mol. The van der Waals surface area contributed by atoms with E-state index in [1.807, 2.05) is 0 Å². The van der Waals surface area contributed by atoms with Crippen molar-refractivity contribution >= 4 is 85.4 Å². The van der Waals surface area contributed by atoms with Gasteiger partial charge in [0.15, 0.2) is 0 Å². The molecular weight excluding hydrogens is 594 g/mol. The Kier molecular flexibility index (Phi) is 10.0. The van der Waals surface area contributed by atoms with Gasteiger partial charge in [0.05, 0.1) is 24.0 Å². The molecule has 0 bridgehead atoms. The van der Waals surface area contributed by atoms with Crippen LogP contribution in [0, 0.1) is 10.7 Å². The Hall–Kier alpha value is 1.11. The number of hydrogen-bond donors (Lipinski definition) is 3.